The minimum absolute atomic E-state index is 0.00327. The van der Waals surface area contributed by atoms with Crippen molar-refractivity contribution >= 4 is 34.6 Å². The maximum absolute atomic E-state index is 12.8. The Labute approximate surface area is 177 Å². The number of hydrogen-bond acceptors (Lipinski definition) is 6. The third-order valence-corrected chi connectivity index (χ3v) is 6.38. The predicted octanol–water partition coefficient (Wildman–Crippen LogP) is 4.40. The molecule has 29 heavy (non-hydrogen) atoms. The number of nitrogens with zero attached hydrogens (tertiary/aromatic N) is 3. The molecule has 1 amide bonds. The number of phenols is 1. The Kier molecular flexibility index (Phi) is 5.33. The van der Waals surface area contributed by atoms with Crippen LogP contribution in [0, 0.1) is 11.7 Å². The van der Waals surface area contributed by atoms with Gasteiger partial charge in [0.25, 0.3) is 5.91 Å². The van der Waals surface area contributed by atoms with Crippen molar-refractivity contribution in [2.45, 2.75) is 39.2 Å². The average molecular weight is 428 g/mol. The molecule has 9 heteroatoms. The summed E-state index contributed by atoms with van der Waals surface area (Å²) in [7, 11) is 0. The Hall–Kier alpha value is -2.78. The van der Waals surface area contributed by atoms with Gasteiger partial charge in [0.1, 0.15) is 5.75 Å². The monoisotopic (exact) mass is 427 g/mol. The van der Waals surface area contributed by atoms with Crippen molar-refractivity contribution in [2.24, 2.45) is 0 Å². The Balaban J connectivity index is 1.62. The molecule has 1 aliphatic rings. The smallest absolute Gasteiger partial charge is 0.261 e. The van der Waals surface area contributed by atoms with Crippen LogP contribution >= 0.6 is 23.6 Å². The van der Waals surface area contributed by atoms with Gasteiger partial charge in [-0.2, -0.15) is 5.10 Å². The van der Waals surface area contributed by atoms with Crippen LogP contribution in [0.1, 0.15) is 40.0 Å². The minimum atomic E-state index is -0.374. The second kappa shape index (κ2) is 7.92. The average Bonchev–Trinajstić information content (AvgIpc) is 3.23. The van der Waals surface area contributed by atoms with Crippen molar-refractivity contribution in [3.8, 4) is 16.5 Å². The number of rotatable bonds is 5. The largest absolute Gasteiger partial charge is 0.507 e. The summed E-state index contributed by atoms with van der Waals surface area (Å²) in [6, 6.07) is 3.52. The summed E-state index contributed by atoms with van der Waals surface area (Å²) in [5.41, 5.74) is 3.27. The zero-order chi connectivity index (χ0) is 20.5. The van der Waals surface area contributed by atoms with Crippen LogP contribution in [0.15, 0.2) is 24.8 Å². The van der Waals surface area contributed by atoms with Crippen LogP contribution < -0.4 is 5.32 Å². The molecule has 1 aromatic carbocycles. The van der Waals surface area contributed by atoms with Crippen molar-refractivity contribution in [1.29, 1.82) is 0 Å². The van der Waals surface area contributed by atoms with Gasteiger partial charge in [0, 0.05) is 6.54 Å². The fourth-order valence-electron chi connectivity index (χ4n) is 3.57. The Morgan fingerprint density at radius 2 is 2.14 bits per heavy atom. The first kappa shape index (κ1) is 19.5. The number of thiazole rings is 1. The number of benzene rings is 1. The van der Waals surface area contributed by atoms with Gasteiger partial charge >= 0.3 is 0 Å². The number of aromatic amines is 1. The summed E-state index contributed by atoms with van der Waals surface area (Å²) in [5, 5.41) is 20.7. The lowest BCUT2D eigenvalue weighted by Gasteiger charge is -2.17. The van der Waals surface area contributed by atoms with E-state index in [9.17, 15) is 9.90 Å². The van der Waals surface area contributed by atoms with Crippen LogP contribution in [0.3, 0.4) is 0 Å². The van der Waals surface area contributed by atoms with Gasteiger partial charge in [-0.15, -0.1) is 6.58 Å². The van der Waals surface area contributed by atoms with Crippen molar-refractivity contribution in [3.05, 3.63) is 51.9 Å². The van der Waals surface area contributed by atoms with E-state index in [0.717, 1.165) is 47.4 Å². The highest BCUT2D eigenvalue weighted by molar-refractivity contribution is 7.71. The Bertz CT molecular complexity index is 1160. The standard InChI is InChI=1S/C20H21N5O2S2/c1-3-8-25-17(23-24-20(25)28)16-11(2)21-19(29-16)22-18(27)14-9-12-6-4-5-7-13(12)10-15(14)26/h3,9-10,26H,1,4-8H2,2H3,(H,24,28)(H,21,22,27). The fourth-order valence-corrected chi connectivity index (χ4v) is 4.73. The molecular formula is C20H21N5O2S2. The van der Waals surface area contributed by atoms with E-state index in [1.165, 1.54) is 11.3 Å². The second-order valence-electron chi connectivity index (χ2n) is 6.98. The number of aromatic hydroxyl groups is 1. The summed E-state index contributed by atoms with van der Waals surface area (Å²) in [4.78, 5) is 18.1. The molecule has 2 heterocycles. The molecule has 3 aromatic rings. The van der Waals surface area contributed by atoms with E-state index >= 15 is 0 Å². The van der Waals surface area contributed by atoms with Crippen LogP contribution in [0.25, 0.3) is 10.7 Å². The molecule has 0 atom stereocenters. The van der Waals surface area contributed by atoms with Gasteiger partial charge in [-0.1, -0.05) is 17.4 Å². The number of aryl methyl sites for hydroxylation is 3. The molecule has 0 spiro atoms. The molecule has 150 valence electrons. The number of H-pyrrole nitrogens is 1. The first-order valence-electron chi connectivity index (χ1n) is 9.38. The lowest BCUT2D eigenvalue weighted by molar-refractivity contribution is 0.102. The van der Waals surface area contributed by atoms with Crippen LogP contribution in [0.4, 0.5) is 5.13 Å². The van der Waals surface area contributed by atoms with Crippen LogP contribution in [-0.4, -0.2) is 30.8 Å². The van der Waals surface area contributed by atoms with E-state index in [1.54, 1.807) is 18.2 Å². The zero-order valence-electron chi connectivity index (χ0n) is 16.0. The van der Waals surface area contributed by atoms with Gasteiger partial charge < -0.3 is 5.11 Å². The summed E-state index contributed by atoms with van der Waals surface area (Å²) >= 11 is 6.58. The minimum Gasteiger partial charge on any atom is -0.507 e. The summed E-state index contributed by atoms with van der Waals surface area (Å²) < 4.78 is 2.32. The summed E-state index contributed by atoms with van der Waals surface area (Å²) in [6.45, 7) is 6.12. The van der Waals surface area contributed by atoms with Gasteiger partial charge in [-0.3, -0.25) is 19.8 Å². The molecule has 0 aliphatic heterocycles. The lowest BCUT2D eigenvalue weighted by Crippen LogP contribution is -2.14. The van der Waals surface area contributed by atoms with E-state index in [4.69, 9.17) is 12.2 Å². The molecule has 0 fully saturated rings. The number of amides is 1. The molecule has 0 unspecified atom stereocenters. The number of phenolic OH excluding ortho intramolecular Hbond substituents is 1. The molecule has 4 rings (SSSR count). The number of aromatic nitrogens is 4. The van der Waals surface area contributed by atoms with E-state index in [2.05, 4.69) is 27.1 Å². The van der Waals surface area contributed by atoms with E-state index in [-0.39, 0.29) is 17.2 Å². The number of fused-ring (bicyclic) bond motifs is 1. The highest BCUT2D eigenvalue weighted by Gasteiger charge is 2.21. The highest BCUT2D eigenvalue weighted by Crippen LogP contribution is 2.33. The van der Waals surface area contributed by atoms with Crippen molar-refractivity contribution < 1.29 is 9.90 Å². The topological polar surface area (TPSA) is 95.8 Å². The normalized spacial score (nSPS) is 13.1. The molecule has 7 nitrogen and oxygen atoms in total. The molecule has 0 saturated heterocycles. The summed E-state index contributed by atoms with van der Waals surface area (Å²) in [5.74, 6) is 0.284. The van der Waals surface area contributed by atoms with Gasteiger partial charge in [-0.25, -0.2) is 4.98 Å². The number of carbonyl (C=O) groups is 1. The maximum atomic E-state index is 12.8. The number of anilines is 1. The van der Waals surface area contributed by atoms with Gasteiger partial charge in [-0.05, 0) is 68.1 Å². The SMILES string of the molecule is C=CCn1c(-c2sc(NC(=O)c3cc4c(cc3O)CCCC4)nc2C)n[nH]c1=S. The summed E-state index contributed by atoms with van der Waals surface area (Å²) in [6.07, 6.45) is 5.84. The molecule has 0 saturated carbocycles. The van der Waals surface area contributed by atoms with Crippen molar-refractivity contribution in [3.63, 3.8) is 0 Å². The van der Waals surface area contributed by atoms with Gasteiger partial charge in [0.15, 0.2) is 15.7 Å². The van der Waals surface area contributed by atoms with Crippen LogP contribution in [-0.2, 0) is 19.4 Å². The molecule has 3 N–H and O–H groups in total. The molecule has 2 aromatic heterocycles. The van der Waals surface area contributed by atoms with E-state index in [1.807, 2.05) is 11.5 Å². The van der Waals surface area contributed by atoms with Crippen molar-refractivity contribution in [2.75, 3.05) is 5.32 Å². The molecule has 1 aliphatic carbocycles. The molecular weight excluding hydrogens is 406 g/mol. The fraction of sp³-hybridized carbons (Fsp3) is 0.300. The van der Waals surface area contributed by atoms with Crippen LogP contribution in [0.5, 0.6) is 5.75 Å². The third-order valence-electron chi connectivity index (χ3n) is 4.99. The third kappa shape index (κ3) is 3.75. The van der Waals surface area contributed by atoms with Crippen molar-refractivity contribution in [1.82, 2.24) is 19.7 Å². The first-order valence-corrected chi connectivity index (χ1v) is 10.6. The number of allylic oxidation sites excluding steroid dienone is 1. The van der Waals surface area contributed by atoms with E-state index in [0.29, 0.717) is 22.3 Å². The van der Waals surface area contributed by atoms with Gasteiger partial charge in [0.2, 0.25) is 0 Å². The zero-order valence-corrected chi connectivity index (χ0v) is 17.6. The number of nitrogens with one attached hydrogen (secondary N) is 2. The van der Waals surface area contributed by atoms with Gasteiger partial charge in [0.05, 0.1) is 16.1 Å². The lowest BCUT2D eigenvalue weighted by atomic mass is 9.90. The number of hydrogen-bond donors (Lipinski definition) is 3. The first-order chi connectivity index (χ1) is 14.0. The van der Waals surface area contributed by atoms with E-state index < -0.39 is 0 Å². The molecule has 0 radical (unpaired) electrons. The Morgan fingerprint density at radius 1 is 1.41 bits per heavy atom. The highest BCUT2D eigenvalue weighted by atomic mass is 32.1. The predicted molar refractivity (Wildman–Crippen MR) is 116 cm³/mol. The van der Waals surface area contributed by atoms with Crippen LogP contribution in [0.2, 0.25) is 0 Å². The number of carbonyl (C=O) groups excluding carboxylic acids is 1. The maximum Gasteiger partial charge on any atom is 0.261 e. The molecule has 0 bridgehead atoms. The second-order valence-corrected chi connectivity index (χ2v) is 8.37. The Morgan fingerprint density at radius 3 is 2.86 bits per heavy atom. The quantitative estimate of drug-likeness (QED) is 0.414.